The van der Waals surface area contributed by atoms with Gasteiger partial charge < -0.3 is 10.4 Å². The summed E-state index contributed by atoms with van der Waals surface area (Å²) in [5.41, 5.74) is 0.723. The number of carboxylic acids is 1. The minimum Gasteiger partial charge on any atom is -0.480 e. The average molecular weight is 309 g/mol. The summed E-state index contributed by atoms with van der Waals surface area (Å²) >= 11 is 3.88. The zero-order valence-electron chi connectivity index (χ0n) is 12.2. The first-order valence-electron chi connectivity index (χ1n) is 6.39. The lowest BCUT2D eigenvalue weighted by atomic mass is 10.1. The second kappa shape index (κ2) is 7.21. The fourth-order valence-electron chi connectivity index (χ4n) is 1.30. The van der Waals surface area contributed by atoms with E-state index in [4.69, 9.17) is 5.11 Å². The number of amides is 1. The molecule has 1 rings (SSSR count). The third kappa shape index (κ3) is 5.95. The number of nitrogens with zero attached hydrogens (tertiary/aromatic N) is 2. The lowest BCUT2D eigenvalue weighted by molar-refractivity contribution is -0.138. The van der Waals surface area contributed by atoms with Crippen LogP contribution in [0.4, 0.5) is 0 Å². The summed E-state index contributed by atoms with van der Waals surface area (Å²) in [4.78, 5) is 31.1. The van der Waals surface area contributed by atoms with Crippen LogP contribution in [0.3, 0.4) is 0 Å². The molecule has 0 saturated carbocycles. The third-order valence-electron chi connectivity index (χ3n) is 2.42. The highest BCUT2D eigenvalue weighted by atomic mass is 32.1. The minimum absolute atomic E-state index is 0.0187. The quantitative estimate of drug-likeness (QED) is 0.566. The number of hydrogen-bond acceptors (Lipinski definition) is 5. The summed E-state index contributed by atoms with van der Waals surface area (Å²) in [6.45, 7) is 5.90. The number of carbonyl (C=O) groups excluding carboxylic acids is 1. The SMILES string of the molecule is CC(C)(C)N=Cc1ccc(C(=O)NC(CS)C(=O)O)cn1. The standard InChI is InChI=1S/C14H19N3O3S/c1-14(2,3)16-7-10-5-4-9(6-15-10)12(18)17-11(8-21)13(19)20/h4-7,11,21H,8H2,1-3H3,(H,17,18)(H,19,20). The van der Waals surface area contributed by atoms with E-state index < -0.39 is 17.9 Å². The molecule has 21 heavy (non-hydrogen) atoms. The fourth-order valence-corrected chi connectivity index (χ4v) is 1.55. The number of aliphatic imine (C=N–C) groups is 1. The van der Waals surface area contributed by atoms with Crippen molar-refractivity contribution in [1.29, 1.82) is 0 Å². The first kappa shape index (κ1) is 17.2. The molecule has 1 unspecified atom stereocenters. The van der Waals surface area contributed by atoms with Crippen LogP contribution in [0.1, 0.15) is 36.8 Å². The Labute approximate surface area is 129 Å². The molecule has 0 aliphatic rings. The van der Waals surface area contributed by atoms with Gasteiger partial charge in [0.1, 0.15) is 6.04 Å². The molecule has 6 nitrogen and oxygen atoms in total. The van der Waals surface area contributed by atoms with E-state index >= 15 is 0 Å². The number of aliphatic carboxylic acids is 1. The van der Waals surface area contributed by atoms with Crippen molar-refractivity contribution in [3.63, 3.8) is 0 Å². The number of pyridine rings is 1. The fraction of sp³-hybridized carbons (Fsp3) is 0.429. The summed E-state index contributed by atoms with van der Waals surface area (Å²) in [7, 11) is 0. The maximum absolute atomic E-state index is 11.9. The molecule has 7 heteroatoms. The van der Waals surface area contributed by atoms with Crippen LogP contribution in [0.25, 0.3) is 0 Å². The van der Waals surface area contributed by atoms with Gasteiger partial charge in [0.25, 0.3) is 5.91 Å². The largest absolute Gasteiger partial charge is 0.480 e. The Morgan fingerprint density at radius 3 is 2.57 bits per heavy atom. The lowest BCUT2D eigenvalue weighted by Crippen LogP contribution is -2.42. The molecular weight excluding hydrogens is 290 g/mol. The van der Waals surface area contributed by atoms with Crippen molar-refractivity contribution in [3.05, 3.63) is 29.6 Å². The predicted octanol–water partition coefficient (Wildman–Crippen LogP) is 1.41. The van der Waals surface area contributed by atoms with E-state index in [0.717, 1.165) is 0 Å². The molecule has 0 aromatic carbocycles. The van der Waals surface area contributed by atoms with Crippen LogP contribution in [-0.4, -0.2) is 45.5 Å². The summed E-state index contributed by atoms with van der Waals surface area (Å²) in [6, 6.07) is 2.20. The van der Waals surface area contributed by atoms with Crippen LogP contribution >= 0.6 is 12.6 Å². The van der Waals surface area contributed by atoms with E-state index in [1.807, 2.05) is 20.8 Å². The zero-order valence-corrected chi connectivity index (χ0v) is 13.1. The van der Waals surface area contributed by atoms with E-state index in [-0.39, 0.29) is 16.9 Å². The van der Waals surface area contributed by atoms with Crippen molar-refractivity contribution in [2.24, 2.45) is 4.99 Å². The minimum atomic E-state index is -1.12. The first-order chi connectivity index (χ1) is 9.73. The highest BCUT2D eigenvalue weighted by molar-refractivity contribution is 7.80. The van der Waals surface area contributed by atoms with E-state index in [1.165, 1.54) is 6.20 Å². The van der Waals surface area contributed by atoms with E-state index in [1.54, 1.807) is 18.3 Å². The number of carboxylic acid groups (broad SMARTS) is 1. The molecule has 2 N–H and O–H groups in total. The van der Waals surface area contributed by atoms with Gasteiger partial charge in [-0.3, -0.25) is 14.8 Å². The van der Waals surface area contributed by atoms with Crippen LogP contribution < -0.4 is 5.32 Å². The highest BCUT2D eigenvalue weighted by Gasteiger charge is 2.19. The molecule has 0 aliphatic heterocycles. The van der Waals surface area contributed by atoms with Crippen molar-refractivity contribution < 1.29 is 14.7 Å². The second-order valence-electron chi connectivity index (χ2n) is 5.45. The molecule has 0 saturated heterocycles. The second-order valence-corrected chi connectivity index (χ2v) is 5.81. The number of rotatable bonds is 5. The zero-order chi connectivity index (χ0) is 16.0. The van der Waals surface area contributed by atoms with Crippen LogP contribution in [0.5, 0.6) is 0 Å². The van der Waals surface area contributed by atoms with Gasteiger partial charge in [-0.25, -0.2) is 4.79 Å². The number of nitrogens with one attached hydrogen (secondary N) is 1. The van der Waals surface area contributed by atoms with Crippen molar-refractivity contribution in [3.8, 4) is 0 Å². The first-order valence-corrected chi connectivity index (χ1v) is 7.02. The number of thiol groups is 1. The van der Waals surface area contributed by atoms with Gasteiger partial charge in [-0.05, 0) is 32.9 Å². The van der Waals surface area contributed by atoms with Crippen LogP contribution in [0.2, 0.25) is 0 Å². The summed E-state index contributed by atoms with van der Waals surface area (Å²) in [5, 5.41) is 11.2. The molecule has 0 aliphatic carbocycles. The maximum atomic E-state index is 11.9. The Hall–Kier alpha value is -1.89. The molecule has 0 radical (unpaired) electrons. The summed E-state index contributed by atoms with van der Waals surface area (Å²) in [6.07, 6.45) is 3.02. The average Bonchev–Trinajstić information content (AvgIpc) is 2.41. The Morgan fingerprint density at radius 2 is 2.14 bits per heavy atom. The highest BCUT2D eigenvalue weighted by Crippen LogP contribution is 2.06. The number of hydrogen-bond donors (Lipinski definition) is 3. The Morgan fingerprint density at radius 1 is 1.48 bits per heavy atom. The van der Waals surface area contributed by atoms with E-state index in [0.29, 0.717) is 5.69 Å². The van der Waals surface area contributed by atoms with E-state index in [9.17, 15) is 9.59 Å². The van der Waals surface area contributed by atoms with Gasteiger partial charge in [-0.2, -0.15) is 12.6 Å². The van der Waals surface area contributed by atoms with Crippen LogP contribution in [0.15, 0.2) is 23.3 Å². The molecule has 1 amide bonds. The molecule has 0 spiro atoms. The van der Waals surface area contributed by atoms with Gasteiger partial charge in [0, 0.05) is 18.2 Å². The lowest BCUT2D eigenvalue weighted by Gasteiger charge is -2.12. The van der Waals surface area contributed by atoms with Crippen molar-refractivity contribution in [1.82, 2.24) is 10.3 Å². The summed E-state index contributed by atoms with van der Waals surface area (Å²) < 4.78 is 0. The normalized spacial score (nSPS) is 13.1. The number of aromatic nitrogens is 1. The molecule has 0 bridgehead atoms. The van der Waals surface area contributed by atoms with Gasteiger partial charge in [-0.1, -0.05) is 0 Å². The molecule has 1 aromatic rings. The molecule has 114 valence electrons. The van der Waals surface area contributed by atoms with Crippen LogP contribution in [0, 0.1) is 0 Å². The molecular formula is C14H19N3O3S. The Balaban J connectivity index is 2.76. The molecule has 1 heterocycles. The van der Waals surface area contributed by atoms with Gasteiger partial charge in [0.05, 0.1) is 16.8 Å². The monoisotopic (exact) mass is 309 g/mol. The van der Waals surface area contributed by atoms with Gasteiger partial charge in [0.15, 0.2) is 0 Å². The Bertz CT molecular complexity index is 535. The predicted molar refractivity (Wildman–Crippen MR) is 84.3 cm³/mol. The molecule has 1 aromatic heterocycles. The Kier molecular flexibility index (Phi) is 5.90. The van der Waals surface area contributed by atoms with Gasteiger partial charge in [-0.15, -0.1) is 0 Å². The molecule has 0 fully saturated rings. The van der Waals surface area contributed by atoms with Gasteiger partial charge in [0.2, 0.25) is 0 Å². The van der Waals surface area contributed by atoms with Crippen molar-refractivity contribution >= 4 is 30.7 Å². The van der Waals surface area contributed by atoms with Crippen LogP contribution in [-0.2, 0) is 4.79 Å². The van der Waals surface area contributed by atoms with Gasteiger partial charge >= 0.3 is 5.97 Å². The summed E-state index contributed by atoms with van der Waals surface area (Å²) in [5.74, 6) is -1.60. The van der Waals surface area contributed by atoms with E-state index in [2.05, 4.69) is 27.9 Å². The molecule has 1 atom stereocenters. The third-order valence-corrected chi connectivity index (χ3v) is 2.78. The van der Waals surface area contributed by atoms with Crippen molar-refractivity contribution in [2.75, 3.05) is 5.75 Å². The topological polar surface area (TPSA) is 91.7 Å². The number of carbonyl (C=O) groups is 2. The smallest absolute Gasteiger partial charge is 0.327 e. The van der Waals surface area contributed by atoms with Crippen molar-refractivity contribution in [2.45, 2.75) is 32.4 Å². The maximum Gasteiger partial charge on any atom is 0.327 e.